The number of nitrogens with two attached hydrogens (primary N) is 1. The van der Waals surface area contributed by atoms with Crippen molar-refractivity contribution in [1.29, 1.82) is 0 Å². The Labute approximate surface area is 156 Å². The highest BCUT2D eigenvalue weighted by Crippen LogP contribution is 2.19. The van der Waals surface area contributed by atoms with Gasteiger partial charge in [-0.25, -0.2) is 9.48 Å². The maximum absolute atomic E-state index is 12.5. The van der Waals surface area contributed by atoms with Gasteiger partial charge in [0.15, 0.2) is 0 Å². The first-order valence-corrected chi connectivity index (χ1v) is 8.39. The van der Waals surface area contributed by atoms with Crippen LogP contribution in [-0.4, -0.2) is 28.8 Å². The predicted molar refractivity (Wildman–Crippen MR) is 102 cm³/mol. The summed E-state index contributed by atoms with van der Waals surface area (Å²) in [6, 6.07) is 16.4. The van der Waals surface area contributed by atoms with Gasteiger partial charge in [0, 0.05) is 5.56 Å². The van der Waals surface area contributed by atoms with Gasteiger partial charge in [-0.2, -0.15) is 5.10 Å². The molecule has 1 aromatic heterocycles. The zero-order valence-corrected chi connectivity index (χ0v) is 15.0. The summed E-state index contributed by atoms with van der Waals surface area (Å²) in [6.07, 6.45) is 1.35. The molecule has 0 aliphatic heterocycles. The topological polar surface area (TPSA) is 99.2 Å². The van der Waals surface area contributed by atoms with Crippen molar-refractivity contribution in [3.8, 4) is 5.69 Å². The average Bonchev–Trinajstić information content (AvgIpc) is 3.09. The highest BCUT2D eigenvalue weighted by Gasteiger charge is 2.17. The van der Waals surface area contributed by atoms with Gasteiger partial charge in [-0.05, 0) is 36.8 Å². The van der Waals surface area contributed by atoms with Crippen LogP contribution < -0.4 is 11.1 Å². The number of ether oxygens (including phenoxy) is 1. The molecule has 1 amide bonds. The Balaban J connectivity index is 1.75. The van der Waals surface area contributed by atoms with Gasteiger partial charge in [-0.1, -0.05) is 30.3 Å². The van der Waals surface area contributed by atoms with Crippen molar-refractivity contribution in [1.82, 2.24) is 15.1 Å². The number of aromatic nitrogens is 2. The zero-order valence-electron chi connectivity index (χ0n) is 15.0. The Morgan fingerprint density at radius 2 is 1.78 bits per heavy atom. The lowest BCUT2D eigenvalue weighted by Gasteiger charge is -2.14. The third-order valence-electron chi connectivity index (χ3n) is 4.23. The molecule has 0 bridgehead atoms. The number of carbonyl (C=O) groups is 2. The Morgan fingerprint density at radius 1 is 1.11 bits per heavy atom. The van der Waals surface area contributed by atoms with E-state index in [9.17, 15) is 9.59 Å². The monoisotopic (exact) mass is 364 g/mol. The number of methoxy groups -OCH3 is 1. The van der Waals surface area contributed by atoms with Crippen molar-refractivity contribution >= 4 is 17.7 Å². The minimum Gasteiger partial charge on any atom is -0.465 e. The molecule has 0 spiro atoms. The second-order valence-electron chi connectivity index (χ2n) is 6.00. The van der Waals surface area contributed by atoms with Crippen LogP contribution in [0.15, 0.2) is 60.8 Å². The van der Waals surface area contributed by atoms with Gasteiger partial charge in [0.1, 0.15) is 11.4 Å². The quantitative estimate of drug-likeness (QED) is 0.678. The second kappa shape index (κ2) is 7.74. The van der Waals surface area contributed by atoms with Crippen LogP contribution in [0.25, 0.3) is 5.69 Å². The van der Waals surface area contributed by atoms with E-state index in [1.807, 2.05) is 37.3 Å². The average molecular weight is 364 g/mol. The molecule has 0 unspecified atom stereocenters. The van der Waals surface area contributed by atoms with Gasteiger partial charge >= 0.3 is 5.97 Å². The van der Waals surface area contributed by atoms with E-state index >= 15 is 0 Å². The first kappa shape index (κ1) is 18.2. The number of nitrogen functional groups attached to an aromatic ring is 1. The standard InChI is InChI=1S/C20H20N4O3/c1-13(14-6-4-3-5-7-14)23-19(25)15-8-10-16(11-9-15)24-18(21)17(12-22-24)20(26)27-2/h3-13H,21H2,1-2H3,(H,23,25)/t13-/m0/s1. The molecule has 7 heteroatoms. The Morgan fingerprint density at radius 3 is 2.41 bits per heavy atom. The molecule has 0 saturated heterocycles. The zero-order chi connectivity index (χ0) is 19.4. The number of amides is 1. The number of benzene rings is 2. The number of carbonyl (C=O) groups excluding carboxylic acids is 2. The van der Waals surface area contributed by atoms with Crippen molar-refractivity contribution in [2.75, 3.05) is 12.8 Å². The molecule has 0 aliphatic rings. The third-order valence-corrected chi connectivity index (χ3v) is 4.23. The molecule has 7 nitrogen and oxygen atoms in total. The van der Waals surface area contributed by atoms with Crippen molar-refractivity contribution in [2.24, 2.45) is 0 Å². The molecule has 27 heavy (non-hydrogen) atoms. The number of esters is 1. The number of hydrogen-bond acceptors (Lipinski definition) is 5. The Hall–Kier alpha value is -3.61. The number of nitrogens with zero attached hydrogens (tertiary/aromatic N) is 2. The lowest BCUT2D eigenvalue weighted by molar-refractivity contribution is 0.0601. The van der Waals surface area contributed by atoms with Crippen LogP contribution in [-0.2, 0) is 4.74 Å². The molecule has 0 saturated carbocycles. The van der Waals surface area contributed by atoms with Crippen molar-refractivity contribution in [3.05, 3.63) is 77.5 Å². The highest BCUT2D eigenvalue weighted by molar-refractivity contribution is 5.95. The molecule has 3 aromatic rings. The molecule has 138 valence electrons. The van der Waals surface area contributed by atoms with Crippen molar-refractivity contribution < 1.29 is 14.3 Å². The van der Waals surface area contributed by atoms with Gasteiger partial charge in [0.2, 0.25) is 0 Å². The summed E-state index contributed by atoms with van der Waals surface area (Å²) in [5, 5.41) is 7.07. The molecule has 2 aromatic carbocycles. The SMILES string of the molecule is COC(=O)c1cnn(-c2ccc(C(=O)N[C@@H](C)c3ccccc3)cc2)c1N. The molecule has 3 rings (SSSR count). The minimum atomic E-state index is -0.551. The molecule has 1 atom stereocenters. The van der Waals surface area contributed by atoms with E-state index in [1.54, 1.807) is 24.3 Å². The molecule has 3 N–H and O–H groups in total. The summed E-state index contributed by atoms with van der Waals surface area (Å²) in [7, 11) is 1.28. The molecule has 0 fully saturated rings. The summed E-state index contributed by atoms with van der Waals surface area (Å²) in [4.78, 5) is 24.1. The number of hydrogen-bond donors (Lipinski definition) is 2. The lowest BCUT2D eigenvalue weighted by atomic mass is 10.1. The molecular weight excluding hydrogens is 344 g/mol. The number of anilines is 1. The largest absolute Gasteiger partial charge is 0.465 e. The summed E-state index contributed by atoms with van der Waals surface area (Å²) in [5.41, 5.74) is 8.33. The fraction of sp³-hybridized carbons (Fsp3) is 0.150. The van der Waals surface area contributed by atoms with Gasteiger partial charge in [0.25, 0.3) is 5.91 Å². The normalized spacial score (nSPS) is 11.6. The van der Waals surface area contributed by atoms with E-state index in [0.29, 0.717) is 11.3 Å². The summed E-state index contributed by atoms with van der Waals surface area (Å²) < 4.78 is 6.08. The summed E-state index contributed by atoms with van der Waals surface area (Å²) >= 11 is 0. The fourth-order valence-electron chi connectivity index (χ4n) is 2.69. The molecular formula is C20H20N4O3. The first-order valence-electron chi connectivity index (χ1n) is 8.39. The van der Waals surface area contributed by atoms with Crippen LogP contribution in [0.3, 0.4) is 0 Å². The second-order valence-corrected chi connectivity index (χ2v) is 6.00. The smallest absolute Gasteiger partial charge is 0.343 e. The van der Waals surface area contributed by atoms with Crippen LogP contribution in [0.4, 0.5) is 5.82 Å². The van der Waals surface area contributed by atoms with E-state index in [4.69, 9.17) is 5.73 Å². The lowest BCUT2D eigenvalue weighted by Crippen LogP contribution is -2.26. The third kappa shape index (κ3) is 3.82. The number of rotatable bonds is 5. The summed E-state index contributed by atoms with van der Waals surface area (Å²) in [6.45, 7) is 1.93. The van der Waals surface area contributed by atoms with E-state index in [-0.39, 0.29) is 23.3 Å². The Kier molecular flexibility index (Phi) is 5.21. The van der Waals surface area contributed by atoms with Crippen LogP contribution in [0, 0.1) is 0 Å². The van der Waals surface area contributed by atoms with Crippen LogP contribution >= 0.6 is 0 Å². The van der Waals surface area contributed by atoms with Crippen LogP contribution in [0.1, 0.15) is 39.2 Å². The van der Waals surface area contributed by atoms with E-state index in [0.717, 1.165) is 5.56 Å². The van der Waals surface area contributed by atoms with Gasteiger partial charge in [-0.15, -0.1) is 0 Å². The van der Waals surface area contributed by atoms with Crippen LogP contribution in [0.2, 0.25) is 0 Å². The maximum Gasteiger partial charge on any atom is 0.343 e. The molecule has 1 heterocycles. The predicted octanol–water partition coefficient (Wildman–Crippen LogP) is 2.73. The Bertz CT molecular complexity index is 949. The van der Waals surface area contributed by atoms with Gasteiger partial charge < -0.3 is 15.8 Å². The first-order chi connectivity index (χ1) is 13.0. The highest BCUT2D eigenvalue weighted by atomic mass is 16.5. The maximum atomic E-state index is 12.5. The van der Waals surface area contributed by atoms with Gasteiger partial charge in [-0.3, -0.25) is 4.79 Å². The van der Waals surface area contributed by atoms with Gasteiger partial charge in [0.05, 0.1) is 25.0 Å². The van der Waals surface area contributed by atoms with Crippen molar-refractivity contribution in [2.45, 2.75) is 13.0 Å². The number of nitrogens with one attached hydrogen (secondary N) is 1. The van der Waals surface area contributed by atoms with E-state index in [1.165, 1.54) is 18.0 Å². The van der Waals surface area contributed by atoms with E-state index < -0.39 is 5.97 Å². The van der Waals surface area contributed by atoms with Crippen LogP contribution in [0.5, 0.6) is 0 Å². The van der Waals surface area contributed by atoms with E-state index in [2.05, 4.69) is 15.2 Å². The minimum absolute atomic E-state index is 0.109. The molecule has 0 aliphatic carbocycles. The molecule has 0 radical (unpaired) electrons. The fourth-order valence-corrected chi connectivity index (χ4v) is 2.69. The summed E-state index contributed by atoms with van der Waals surface area (Å²) in [5.74, 6) is -0.553. The van der Waals surface area contributed by atoms with Crippen molar-refractivity contribution in [3.63, 3.8) is 0 Å².